The van der Waals surface area contributed by atoms with Crippen LogP contribution in [-0.4, -0.2) is 11.7 Å². The number of anilines is 1. The molecule has 78 valence electrons. The van der Waals surface area contributed by atoms with Crippen LogP contribution in [0.15, 0.2) is 36.4 Å². The fraction of sp³-hybridized carbons (Fsp3) is 0.167. The third-order valence-electron chi connectivity index (χ3n) is 1.94. The van der Waals surface area contributed by atoms with Gasteiger partial charge in [-0.25, -0.2) is 0 Å². The molecule has 1 rings (SSSR count). The number of hydrogen-bond acceptors (Lipinski definition) is 2. The van der Waals surface area contributed by atoms with E-state index in [0.29, 0.717) is 16.8 Å². The first-order valence-electron chi connectivity index (χ1n) is 4.58. The summed E-state index contributed by atoms with van der Waals surface area (Å²) in [6.07, 6.45) is 0. The molecule has 1 aromatic carbocycles. The van der Waals surface area contributed by atoms with Gasteiger partial charge < -0.3 is 5.32 Å². The molecule has 0 unspecified atom stereocenters. The van der Waals surface area contributed by atoms with Crippen LogP contribution in [0.2, 0.25) is 0 Å². The van der Waals surface area contributed by atoms with E-state index in [4.69, 9.17) is 0 Å². The average Bonchev–Trinajstić information content (AvgIpc) is 2.18. The van der Waals surface area contributed by atoms with Crippen LogP contribution in [-0.2, 0) is 4.79 Å². The van der Waals surface area contributed by atoms with Crippen LogP contribution in [0.3, 0.4) is 0 Å². The highest BCUT2D eigenvalue weighted by molar-refractivity contribution is 6.03. The van der Waals surface area contributed by atoms with E-state index in [0.717, 1.165) is 0 Å². The summed E-state index contributed by atoms with van der Waals surface area (Å²) in [5, 5.41) is 2.66. The lowest BCUT2D eigenvalue weighted by molar-refractivity contribution is -0.112. The molecule has 0 aliphatic carbocycles. The monoisotopic (exact) mass is 203 g/mol. The largest absolute Gasteiger partial charge is 0.322 e. The molecule has 0 saturated heterocycles. The van der Waals surface area contributed by atoms with Gasteiger partial charge in [-0.3, -0.25) is 9.59 Å². The number of carbonyl (C=O) groups excluding carboxylic acids is 2. The summed E-state index contributed by atoms with van der Waals surface area (Å²) in [6.45, 7) is 6.67. The highest BCUT2D eigenvalue weighted by Gasteiger charge is 2.03. The fourth-order valence-electron chi connectivity index (χ4n) is 1.03. The van der Waals surface area contributed by atoms with Gasteiger partial charge in [0.15, 0.2) is 5.78 Å². The Kier molecular flexibility index (Phi) is 3.39. The molecule has 1 amide bonds. The van der Waals surface area contributed by atoms with E-state index in [1.54, 1.807) is 31.2 Å². The molecule has 3 heteroatoms. The van der Waals surface area contributed by atoms with Gasteiger partial charge in [-0.2, -0.15) is 0 Å². The van der Waals surface area contributed by atoms with Crippen molar-refractivity contribution in [2.24, 2.45) is 0 Å². The zero-order chi connectivity index (χ0) is 11.4. The lowest BCUT2D eigenvalue weighted by Crippen LogP contribution is -2.11. The van der Waals surface area contributed by atoms with E-state index in [9.17, 15) is 9.59 Å². The number of rotatable bonds is 3. The third kappa shape index (κ3) is 3.06. The van der Waals surface area contributed by atoms with Gasteiger partial charge in [0.25, 0.3) is 5.91 Å². The molecule has 0 radical (unpaired) electrons. The number of nitrogens with one attached hydrogen (secondary N) is 1. The van der Waals surface area contributed by atoms with E-state index in [-0.39, 0.29) is 11.7 Å². The number of Topliss-reactive ketones (excluding diaryl/α,β-unsaturated/α-hetero) is 1. The van der Waals surface area contributed by atoms with Gasteiger partial charge in [0, 0.05) is 16.8 Å². The van der Waals surface area contributed by atoms with Crippen LogP contribution in [0, 0.1) is 0 Å². The second-order valence-electron chi connectivity index (χ2n) is 3.37. The van der Waals surface area contributed by atoms with Crippen LogP contribution in [0.5, 0.6) is 0 Å². The number of carbonyl (C=O) groups is 2. The van der Waals surface area contributed by atoms with Crippen molar-refractivity contribution in [3.05, 3.63) is 42.0 Å². The number of hydrogen-bond donors (Lipinski definition) is 1. The van der Waals surface area contributed by atoms with Crippen LogP contribution in [0.4, 0.5) is 5.69 Å². The maximum atomic E-state index is 11.3. The van der Waals surface area contributed by atoms with Crippen molar-refractivity contribution in [3.63, 3.8) is 0 Å². The van der Waals surface area contributed by atoms with Gasteiger partial charge in [-0.1, -0.05) is 6.58 Å². The van der Waals surface area contributed by atoms with Gasteiger partial charge in [0.2, 0.25) is 0 Å². The van der Waals surface area contributed by atoms with E-state index in [1.807, 2.05) is 0 Å². The van der Waals surface area contributed by atoms with Gasteiger partial charge in [0.1, 0.15) is 0 Å². The zero-order valence-electron chi connectivity index (χ0n) is 8.83. The molecule has 3 nitrogen and oxygen atoms in total. The Morgan fingerprint density at radius 1 is 1.13 bits per heavy atom. The van der Waals surface area contributed by atoms with Crippen molar-refractivity contribution >= 4 is 17.4 Å². The molecule has 0 fully saturated rings. The van der Waals surface area contributed by atoms with Crippen molar-refractivity contribution in [2.75, 3.05) is 5.32 Å². The molecule has 0 bridgehead atoms. The van der Waals surface area contributed by atoms with Gasteiger partial charge in [0.05, 0.1) is 0 Å². The molecule has 0 heterocycles. The van der Waals surface area contributed by atoms with Crippen molar-refractivity contribution in [1.29, 1.82) is 0 Å². The smallest absolute Gasteiger partial charge is 0.250 e. The number of ketones is 1. The highest BCUT2D eigenvalue weighted by Crippen LogP contribution is 2.10. The van der Waals surface area contributed by atoms with Crippen LogP contribution in [0.1, 0.15) is 24.2 Å². The summed E-state index contributed by atoms with van der Waals surface area (Å²) in [5.41, 5.74) is 1.74. The van der Waals surface area contributed by atoms with Gasteiger partial charge in [-0.05, 0) is 38.1 Å². The van der Waals surface area contributed by atoms with Crippen LogP contribution in [0.25, 0.3) is 0 Å². The van der Waals surface area contributed by atoms with E-state index >= 15 is 0 Å². The average molecular weight is 203 g/mol. The summed E-state index contributed by atoms with van der Waals surface area (Å²) < 4.78 is 0. The van der Waals surface area contributed by atoms with Crippen molar-refractivity contribution in [3.8, 4) is 0 Å². The second kappa shape index (κ2) is 4.55. The number of amides is 1. The number of benzene rings is 1. The minimum Gasteiger partial charge on any atom is -0.322 e. The van der Waals surface area contributed by atoms with Crippen molar-refractivity contribution in [1.82, 2.24) is 0 Å². The Bertz CT molecular complexity index is 404. The second-order valence-corrected chi connectivity index (χ2v) is 3.37. The Labute approximate surface area is 88.8 Å². The molecule has 0 aromatic heterocycles. The maximum absolute atomic E-state index is 11.3. The Hall–Kier alpha value is -1.90. The molecular formula is C12H13NO2. The normalized spacial score (nSPS) is 9.47. The lowest BCUT2D eigenvalue weighted by Gasteiger charge is -2.04. The topological polar surface area (TPSA) is 46.2 Å². The minimum absolute atomic E-state index is 0.00720. The highest BCUT2D eigenvalue weighted by atomic mass is 16.1. The summed E-state index contributed by atoms with van der Waals surface area (Å²) in [5.74, 6) is -0.210. The Balaban J connectivity index is 2.77. The summed E-state index contributed by atoms with van der Waals surface area (Å²) in [7, 11) is 0. The standard InChI is InChI=1S/C12H13NO2/c1-8(2)12(15)13-11-6-4-10(5-7-11)9(3)14/h4-7H,1H2,2-3H3,(H,13,15). The van der Waals surface area contributed by atoms with Crippen LogP contribution < -0.4 is 5.32 Å². The molecule has 1 N–H and O–H groups in total. The first-order valence-corrected chi connectivity index (χ1v) is 4.58. The molecule has 15 heavy (non-hydrogen) atoms. The maximum Gasteiger partial charge on any atom is 0.250 e. The van der Waals surface area contributed by atoms with Gasteiger partial charge in [-0.15, -0.1) is 0 Å². The predicted octanol–water partition coefficient (Wildman–Crippen LogP) is 2.40. The van der Waals surface area contributed by atoms with Crippen molar-refractivity contribution < 1.29 is 9.59 Å². The predicted molar refractivity (Wildman–Crippen MR) is 59.9 cm³/mol. The molecule has 0 atom stereocenters. The van der Waals surface area contributed by atoms with E-state index in [1.165, 1.54) is 6.92 Å². The molecule has 0 aliphatic heterocycles. The molecular weight excluding hydrogens is 190 g/mol. The molecule has 0 spiro atoms. The zero-order valence-corrected chi connectivity index (χ0v) is 8.83. The first kappa shape index (κ1) is 11.2. The van der Waals surface area contributed by atoms with E-state index < -0.39 is 0 Å². The SMILES string of the molecule is C=C(C)C(=O)Nc1ccc(C(C)=O)cc1. The molecule has 1 aromatic rings. The fourth-order valence-corrected chi connectivity index (χ4v) is 1.03. The Morgan fingerprint density at radius 3 is 2.07 bits per heavy atom. The third-order valence-corrected chi connectivity index (χ3v) is 1.94. The Morgan fingerprint density at radius 2 is 1.67 bits per heavy atom. The minimum atomic E-state index is -0.217. The van der Waals surface area contributed by atoms with Crippen LogP contribution >= 0.6 is 0 Å². The summed E-state index contributed by atoms with van der Waals surface area (Å²) in [4.78, 5) is 22.2. The lowest BCUT2D eigenvalue weighted by atomic mass is 10.1. The van der Waals surface area contributed by atoms with Crippen molar-refractivity contribution in [2.45, 2.75) is 13.8 Å². The summed E-state index contributed by atoms with van der Waals surface area (Å²) >= 11 is 0. The summed E-state index contributed by atoms with van der Waals surface area (Å²) in [6, 6.07) is 6.74. The van der Waals surface area contributed by atoms with E-state index in [2.05, 4.69) is 11.9 Å². The molecule has 0 saturated carbocycles. The first-order chi connectivity index (χ1) is 7.00. The van der Waals surface area contributed by atoms with Gasteiger partial charge >= 0.3 is 0 Å². The molecule has 0 aliphatic rings. The quantitative estimate of drug-likeness (QED) is 0.605.